The van der Waals surface area contributed by atoms with Gasteiger partial charge in [0, 0.05) is 39.1 Å². The minimum absolute atomic E-state index is 0.0147. The zero-order chi connectivity index (χ0) is 27.1. The fourth-order valence-electron chi connectivity index (χ4n) is 3.98. The second-order valence-electron chi connectivity index (χ2n) is 10.1. The van der Waals surface area contributed by atoms with Crippen LogP contribution in [0.25, 0.3) is 0 Å². The molecule has 9 nitrogen and oxygen atoms in total. The Labute approximate surface area is 218 Å². The van der Waals surface area contributed by atoms with Crippen molar-refractivity contribution in [2.24, 2.45) is 4.99 Å². The van der Waals surface area contributed by atoms with Crippen molar-refractivity contribution in [2.45, 2.75) is 57.3 Å². The number of aliphatic hydroxyl groups excluding tert-OH is 1. The minimum Gasteiger partial charge on any atom is -0.494 e. The number of aliphatic imine (C=N–C) groups is 1. The summed E-state index contributed by atoms with van der Waals surface area (Å²) in [6, 6.07) is 16.6. The van der Waals surface area contributed by atoms with Gasteiger partial charge in [0.15, 0.2) is 11.6 Å². The molecule has 0 spiro atoms. The van der Waals surface area contributed by atoms with Gasteiger partial charge in [-0.3, -0.25) is 15.0 Å². The van der Waals surface area contributed by atoms with Gasteiger partial charge in [-0.15, -0.1) is 0 Å². The average Bonchev–Trinajstić information content (AvgIpc) is 3.24. The van der Waals surface area contributed by atoms with Crippen molar-refractivity contribution in [3.63, 3.8) is 0 Å². The molecule has 0 radical (unpaired) electrons. The van der Waals surface area contributed by atoms with Crippen molar-refractivity contribution < 1.29 is 28.9 Å². The normalized spacial score (nSPS) is 19.2. The third-order valence-electron chi connectivity index (χ3n) is 5.59. The first-order valence-corrected chi connectivity index (χ1v) is 12.4. The largest absolute Gasteiger partial charge is 0.494 e. The summed E-state index contributed by atoms with van der Waals surface area (Å²) in [6.45, 7) is 5.88. The van der Waals surface area contributed by atoms with E-state index in [2.05, 4.69) is 5.43 Å². The predicted molar refractivity (Wildman–Crippen MR) is 140 cm³/mol. The number of hydrogen-bond acceptors (Lipinski definition) is 8. The van der Waals surface area contributed by atoms with Crippen LogP contribution in [0.2, 0.25) is 0 Å². The van der Waals surface area contributed by atoms with Crippen LogP contribution in [-0.2, 0) is 19.1 Å². The third kappa shape index (κ3) is 7.53. The molecular weight excluding hydrogens is 474 g/mol. The standard InChI is InChI=1S/C28H37N3O6/c1-27(2,3)37-23(33)16-17-28(26(34)30-31(4)5)24(20-10-7-6-8-11-20)36-25(29-28)21-12-14-22(15-13-21)35-19-9-18-32/h6-8,10-15,24,32H,9,16-19H2,1-5H3,(H,30,34)/t24-,28-/m0/s1. The van der Waals surface area contributed by atoms with E-state index in [-0.39, 0.29) is 25.4 Å². The maximum Gasteiger partial charge on any atom is 0.306 e. The first-order valence-electron chi connectivity index (χ1n) is 12.4. The highest BCUT2D eigenvalue weighted by Crippen LogP contribution is 2.43. The van der Waals surface area contributed by atoms with Crippen molar-refractivity contribution in [2.75, 3.05) is 27.3 Å². The summed E-state index contributed by atoms with van der Waals surface area (Å²) in [7, 11) is 3.43. The summed E-state index contributed by atoms with van der Waals surface area (Å²) in [6.07, 6.45) is -0.143. The molecule has 2 aromatic rings. The second kappa shape index (κ2) is 12.2. The third-order valence-corrected chi connectivity index (χ3v) is 5.59. The molecule has 1 heterocycles. The lowest BCUT2D eigenvalue weighted by atomic mass is 9.83. The maximum atomic E-state index is 13.7. The van der Waals surface area contributed by atoms with E-state index in [4.69, 9.17) is 24.3 Å². The number of rotatable bonds is 11. The Bertz CT molecular complexity index is 1080. The number of ether oxygens (including phenoxy) is 3. The number of nitrogens with one attached hydrogen (secondary N) is 1. The van der Waals surface area contributed by atoms with Crippen molar-refractivity contribution >= 4 is 17.8 Å². The molecule has 2 atom stereocenters. The summed E-state index contributed by atoms with van der Waals surface area (Å²) < 4.78 is 17.5. The molecule has 1 amide bonds. The summed E-state index contributed by atoms with van der Waals surface area (Å²) >= 11 is 0. The van der Waals surface area contributed by atoms with Gasteiger partial charge in [0.1, 0.15) is 11.4 Å². The predicted octanol–water partition coefficient (Wildman–Crippen LogP) is 3.42. The number of aliphatic hydroxyl groups is 1. The molecule has 0 aromatic heterocycles. The lowest BCUT2D eigenvalue weighted by Gasteiger charge is -2.31. The smallest absolute Gasteiger partial charge is 0.306 e. The number of amides is 1. The summed E-state index contributed by atoms with van der Waals surface area (Å²) in [4.78, 5) is 31.2. The van der Waals surface area contributed by atoms with Crippen molar-refractivity contribution in [1.82, 2.24) is 10.4 Å². The summed E-state index contributed by atoms with van der Waals surface area (Å²) in [5.41, 5.74) is 2.21. The molecule has 37 heavy (non-hydrogen) atoms. The van der Waals surface area contributed by atoms with Crippen LogP contribution in [0.1, 0.15) is 57.3 Å². The van der Waals surface area contributed by atoms with Gasteiger partial charge in [0.05, 0.1) is 6.61 Å². The van der Waals surface area contributed by atoms with Gasteiger partial charge in [0.25, 0.3) is 5.91 Å². The maximum absolute atomic E-state index is 13.7. The molecule has 200 valence electrons. The Balaban J connectivity index is 1.99. The zero-order valence-corrected chi connectivity index (χ0v) is 22.2. The van der Waals surface area contributed by atoms with Gasteiger partial charge in [-0.2, -0.15) is 0 Å². The topological polar surface area (TPSA) is 110 Å². The Morgan fingerprint density at radius 2 is 1.78 bits per heavy atom. The van der Waals surface area contributed by atoms with Crippen LogP contribution in [0.4, 0.5) is 0 Å². The molecule has 3 rings (SSSR count). The number of esters is 1. The molecule has 0 saturated heterocycles. The molecule has 2 N–H and O–H groups in total. The SMILES string of the molecule is CN(C)NC(=O)[C@@]1(CCC(=O)OC(C)(C)C)N=C(c2ccc(OCCCO)cc2)O[C@H]1c1ccccc1. The molecule has 0 aliphatic carbocycles. The van der Waals surface area contributed by atoms with E-state index in [1.54, 1.807) is 52.0 Å². The Morgan fingerprint density at radius 1 is 1.11 bits per heavy atom. The van der Waals surface area contributed by atoms with E-state index >= 15 is 0 Å². The Kier molecular flexibility index (Phi) is 9.29. The molecule has 1 aliphatic heterocycles. The fraction of sp³-hybridized carbons (Fsp3) is 0.464. The molecule has 0 saturated carbocycles. The summed E-state index contributed by atoms with van der Waals surface area (Å²) in [5.74, 6) is 0.157. The number of carbonyl (C=O) groups excluding carboxylic acids is 2. The number of carbonyl (C=O) groups is 2. The Hall–Kier alpha value is -3.43. The van der Waals surface area contributed by atoms with Gasteiger partial charge in [-0.05, 0) is 57.0 Å². The first kappa shape index (κ1) is 28.1. The van der Waals surface area contributed by atoms with Crippen molar-refractivity contribution in [3.05, 3.63) is 65.7 Å². The van der Waals surface area contributed by atoms with Gasteiger partial charge < -0.3 is 19.3 Å². The quantitative estimate of drug-likeness (QED) is 0.270. The van der Waals surface area contributed by atoms with Crippen LogP contribution in [0.15, 0.2) is 59.6 Å². The van der Waals surface area contributed by atoms with E-state index in [1.165, 1.54) is 0 Å². The van der Waals surface area contributed by atoms with E-state index in [1.807, 2.05) is 42.5 Å². The van der Waals surface area contributed by atoms with E-state index in [0.29, 0.717) is 30.2 Å². The fourth-order valence-corrected chi connectivity index (χ4v) is 3.98. The number of hydrogen-bond donors (Lipinski definition) is 2. The number of nitrogens with zero attached hydrogens (tertiary/aromatic N) is 2. The number of benzene rings is 2. The van der Waals surface area contributed by atoms with Crippen molar-refractivity contribution in [3.8, 4) is 5.75 Å². The average molecular weight is 512 g/mol. The van der Waals surface area contributed by atoms with Crippen LogP contribution in [0.5, 0.6) is 5.75 Å². The van der Waals surface area contributed by atoms with Gasteiger partial charge >= 0.3 is 5.97 Å². The van der Waals surface area contributed by atoms with Crippen LogP contribution in [0.3, 0.4) is 0 Å². The highest BCUT2D eigenvalue weighted by Gasteiger charge is 2.53. The molecule has 0 unspecified atom stereocenters. The van der Waals surface area contributed by atoms with E-state index in [0.717, 1.165) is 5.56 Å². The van der Waals surface area contributed by atoms with Crippen molar-refractivity contribution in [1.29, 1.82) is 0 Å². The monoisotopic (exact) mass is 511 g/mol. The number of hydrazine groups is 1. The highest BCUT2D eigenvalue weighted by atomic mass is 16.6. The first-order chi connectivity index (χ1) is 17.5. The van der Waals surface area contributed by atoms with Crippen LogP contribution >= 0.6 is 0 Å². The Morgan fingerprint density at radius 3 is 2.38 bits per heavy atom. The molecule has 0 fully saturated rings. The molecule has 1 aliphatic rings. The van der Waals surface area contributed by atoms with Gasteiger partial charge in [0.2, 0.25) is 5.90 Å². The minimum atomic E-state index is -1.41. The lowest BCUT2D eigenvalue weighted by Crippen LogP contribution is -2.52. The molecule has 9 heteroatoms. The van der Waals surface area contributed by atoms with E-state index < -0.39 is 23.2 Å². The highest BCUT2D eigenvalue weighted by molar-refractivity contribution is 6.01. The molecule has 2 aromatic carbocycles. The zero-order valence-electron chi connectivity index (χ0n) is 22.2. The molecular formula is C28H37N3O6. The molecule has 0 bridgehead atoms. The van der Waals surface area contributed by atoms with Crippen LogP contribution < -0.4 is 10.2 Å². The lowest BCUT2D eigenvalue weighted by molar-refractivity contribution is -0.155. The van der Waals surface area contributed by atoms with Gasteiger partial charge in [-0.1, -0.05) is 30.3 Å². The van der Waals surface area contributed by atoms with E-state index in [9.17, 15) is 9.59 Å². The van der Waals surface area contributed by atoms with Crippen LogP contribution in [-0.4, -0.2) is 66.3 Å². The van der Waals surface area contributed by atoms with Crippen LogP contribution in [0, 0.1) is 0 Å². The second-order valence-corrected chi connectivity index (χ2v) is 10.1. The van der Waals surface area contributed by atoms with Gasteiger partial charge in [-0.25, -0.2) is 10.0 Å². The summed E-state index contributed by atoms with van der Waals surface area (Å²) in [5, 5.41) is 10.5.